The summed E-state index contributed by atoms with van der Waals surface area (Å²) in [6.45, 7) is 3.10. The number of hydrogen-bond acceptors (Lipinski definition) is 9. The zero-order chi connectivity index (χ0) is 30.9. The van der Waals surface area contributed by atoms with E-state index in [9.17, 15) is 14.7 Å². The standard InChI is InChI=1S/C34H35N3O6S/c1-22(41-23(2)39)32(40)37-19-28-6-3-4-7-30(28)25-12-14-27(15-13-25)33-42-29(21-44-34-35-16-5-17-36-34)18-31(43-33)26-10-8-24(20-38)9-11-26/h3-17,22,29,31,33,38H,18-21H2,1-2H3,(H,37,40). The summed E-state index contributed by atoms with van der Waals surface area (Å²) in [6, 6.07) is 25.5. The van der Waals surface area contributed by atoms with Gasteiger partial charge in [-0.3, -0.25) is 9.59 Å². The number of ether oxygens (including phenoxy) is 3. The molecule has 1 fully saturated rings. The number of aromatic nitrogens is 2. The molecule has 228 valence electrons. The number of amides is 1. The molecule has 10 heteroatoms. The van der Waals surface area contributed by atoms with Gasteiger partial charge in [0.2, 0.25) is 0 Å². The van der Waals surface area contributed by atoms with Crippen LogP contribution in [-0.2, 0) is 37.0 Å². The van der Waals surface area contributed by atoms with Crippen LogP contribution in [0.2, 0.25) is 0 Å². The lowest BCUT2D eigenvalue weighted by molar-refractivity contribution is -0.245. The zero-order valence-electron chi connectivity index (χ0n) is 24.6. The third-order valence-electron chi connectivity index (χ3n) is 7.23. The van der Waals surface area contributed by atoms with Gasteiger partial charge < -0.3 is 24.6 Å². The highest BCUT2D eigenvalue weighted by atomic mass is 32.2. The monoisotopic (exact) mass is 613 g/mol. The molecule has 4 unspecified atom stereocenters. The molecule has 0 aliphatic carbocycles. The van der Waals surface area contributed by atoms with Crippen molar-refractivity contribution in [1.29, 1.82) is 0 Å². The lowest BCUT2D eigenvalue weighted by Gasteiger charge is -2.36. The van der Waals surface area contributed by atoms with Crippen molar-refractivity contribution in [2.24, 2.45) is 0 Å². The summed E-state index contributed by atoms with van der Waals surface area (Å²) in [5.41, 5.74) is 5.64. The summed E-state index contributed by atoms with van der Waals surface area (Å²) in [5.74, 6) is -0.188. The molecule has 4 aromatic rings. The Morgan fingerprint density at radius 2 is 1.68 bits per heavy atom. The van der Waals surface area contributed by atoms with Crippen LogP contribution in [0.15, 0.2) is 96.4 Å². The summed E-state index contributed by atoms with van der Waals surface area (Å²) in [7, 11) is 0. The fraction of sp³-hybridized carbons (Fsp3) is 0.294. The Bertz CT molecular complexity index is 1540. The Morgan fingerprint density at radius 3 is 2.39 bits per heavy atom. The molecule has 0 bridgehead atoms. The molecule has 9 nitrogen and oxygen atoms in total. The Balaban J connectivity index is 1.31. The second-order valence-corrected chi connectivity index (χ2v) is 11.4. The van der Waals surface area contributed by atoms with Crippen LogP contribution >= 0.6 is 11.8 Å². The van der Waals surface area contributed by atoms with E-state index < -0.39 is 18.4 Å². The van der Waals surface area contributed by atoms with Crippen LogP contribution < -0.4 is 5.32 Å². The number of carbonyl (C=O) groups is 2. The van der Waals surface area contributed by atoms with E-state index in [0.717, 1.165) is 33.4 Å². The van der Waals surface area contributed by atoms with Crippen LogP contribution in [0.4, 0.5) is 0 Å². The van der Waals surface area contributed by atoms with Gasteiger partial charge >= 0.3 is 5.97 Å². The fourth-order valence-corrected chi connectivity index (χ4v) is 5.78. The van der Waals surface area contributed by atoms with E-state index in [1.54, 1.807) is 37.1 Å². The smallest absolute Gasteiger partial charge is 0.303 e. The highest BCUT2D eigenvalue weighted by Gasteiger charge is 2.32. The molecule has 4 atom stereocenters. The van der Waals surface area contributed by atoms with Crippen molar-refractivity contribution in [3.63, 3.8) is 0 Å². The van der Waals surface area contributed by atoms with Crippen molar-refractivity contribution in [3.8, 4) is 11.1 Å². The highest BCUT2D eigenvalue weighted by molar-refractivity contribution is 7.99. The van der Waals surface area contributed by atoms with Gasteiger partial charge in [-0.1, -0.05) is 84.6 Å². The molecule has 1 aliphatic heterocycles. The Labute approximate surface area is 261 Å². The quantitative estimate of drug-likeness (QED) is 0.128. The van der Waals surface area contributed by atoms with Crippen molar-refractivity contribution in [2.75, 3.05) is 5.75 Å². The van der Waals surface area contributed by atoms with Gasteiger partial charge in [0.15, 0.2) is 17.6 Å². The van der Waals surface area contributed by atoms with E-state index >= 15 is 0 Å². The largest absolute Gasteiger partial charge is 0.453 e. The minimum atomic E-state index is -0.867. The van der Waals surface area contributed by atoms with Crippen LogP contribution in [-0.4, -0.2) is 44.9 Å². The second kappa shape index (κ2) is 15.1. The van der Waals surface area contributed by atoms with Gasteiger partial charge in [-0.25, -0.2) is 9.97 Å². The maximum Gasteiger partial charge on any atom is 0.303 e. The number of esters is 1. The van der Waals surface area contributed by atoms with E-state index in [2.05, 4.69) is 15.3 Å². The number of carbonyl (C=O) groups excluding carboxylic acids is 2. The van der Waals surface area contributed by atoms with Crippen molar-refractivity contribution >= 4 is 23.6 Å². The Hall–Kier alpha value is -4.09. The van der Waals surface area contributed by atoms with Gasteiger partial charge in [0.1, 0.15) is 0 Å². The van der Waals surface area contributed by atoms with Crippen LogP contribution in [0, 0.1) is 0 Å². The maximum absolute atomic E-state index is 12.4. The van der Waals surface area contributed by atoms with E-state index in [1.807, 2.05) is 72.8 Å². The molecule has 2 heterocycles. The number of aliphatic hydroxyl groups excluding tert-OH is 1. The predicted molar refractivity (Wildman–Crippen MR) is 166 cm³/mol. The summed E-state index contributed by atoms with van der Waals surface area (Å²) < 4.78 is 17.9. The summed E-state index contributed by atoms with van der Waals surface area (Å²) in [6.07, 6.45) is 2.37. The third-order valence-corrected chi connectivity index (χ3v) is 8.24. The van der Waals surface area contributed by atoms with Gasteiger partial charge in [0.05, 0.1) is 18.8 Å². The van der Waals surface area contributed by atoms with E-state index in [4.69, 9.17) is 14.2 Å². The van der Waals surface area contributed by atoms with Gasteiger partial charge in [0, 0.05) is 43.6 Å². The average Bonchev–Trinajstić information content (AvgIpc) is 3.06. The number of rotatable bonds is 11. The maximum atomic E-state index is 12.4. The first kappa shape index (κ1) is 31.3. The number of thioether (sulfide) groups is 1. The molecule has 1 aliphatic rings. The first-order chi connectivity index (χ1) is 21.4. The van der Waals surface area contributed by atoms with Crippen LogP contribution in [0.25, 0.3) is 11.1 Å². The predicted octanol–water partition coefficient (Wildman–Crippen LogP) is 5.54. The van der Waals surface area contributed by atoms with Gasteiger partial charge in [-0.05, 0) is 40.8 Å². The van der Waals surface area contributed by atoms with Gasteiger partial charge in [0.25, 0.3) is 5.91 Å². The SMILES string of the molecule is CC(=O)OC(C)C(=O)NCc1ccccc1-c1ccc(C2OC(CSc3ncccn3)CC(c3ccc(CO)cc3)O2)cc1. The molecule has 1 amide bonds. The molecule has 0 saturated carbocycles. The molecule has 44 heavy (non-hydrogen) atoms. The minimum Gasteiger partial charge on any atom is -0.453 e. The van der Waals surface area contributed by atoms with Crippen LogP contribution in [0.1, 0.15) is 54.9 Å². The third kappa shape index (κ3) is 8.29. The lowest BCUT2D eigenvalue weighted by Crippen LogP contribution is -2.35. The molecule has 3 aromatic carbocycles. The van der Waals surface area contributed by atoms with Crippen molar-refractivity contribution in [2.45, 2.75) is 63.2 Å². The zero-order valence-corrected chi connectivity index (χ0v) is 25.4. The van der Waals surface area contributed by atoms with Gasteiger partial charge in [-0.2, -0.15) is 0 Å². The number of nitrogens with zero attached hydrogens (tertiary/aromatic N) is 2. The molecular weight excluding hydrogens is 578 g/mol. The van der Waals surface area contributed by atoms with E-state index in [1.165, 1.54) is 6.92 Å². The summed E-state index contributed by atoms with van der Waals surface area (Å²) in [4.78, 5) is 32.2. The van der Waals surface area contributed by atoms with Crippen LogP contribution in [0.5, 0.6) is 0 Å². The number of nitrogens with one attached hydrogen (secondary N) is 1. The molecule has 1 saturated heterocycles. The minimum absolute atomic E-state index is 0.0108. The number of aliphatic hydroxyl groups is 1. The van der Waals surface area contributed by atoms with E-state index in [-0.39, 0.29) is 24.7 Å². The molecule has 2 N–H and O–H groups in total. The summed E-state index contributed by atoms with van der Waals surface area (Å²) >= 11 is 1.55. The van der Waals surface area contributed by atoms with Crippen molar-refractivity contribution in [1.82, 2.24) is 15.3 Å². The van der Waals surface area contributed by atoms with Crippen LogP contribution in [0.3, 0.4) is 0 Å². The van der Waals surface area contributed by atoms with Crippen molar-refractivity contribution in [3.05, 3.63) is 114 Å². The molecular formula is C34H35N3O6S. The van der Waals surface area contributed by atoms with Gasteiger partial charge in [-0.15, -0.1) is 0 Å². The first-order valence-corrected chi connectivity index (χ1v) is 15.4. The fourth-order valence-electron chi connectivity index (χ4n) is 4.95. The highest BCUT2D eigenvalue weighted by Crippen LogP contribution is 2.39. The molecule has 5 rings (SSSR count). The Morgan fingerprint density at radius 1 is 0.977 bits per heavy atom. The van der Waals surface area contributed by atoms with E-state index in [0.29, 0.717) is 23.9 Å². The van der Waals surface area contributed by atoms with Crippen molar-refractivity contribution < 1.29 is 28.9 Å². The summed E-state index contributed by atoms with van der Waals surface area (Å²) in [5, 5.41) is 13.0. The molecule has 0 radical (unpaired) electrons. The molecule has 0 spiro atoms. The normalized spacial score (nSPS) is 18.8. The first-order valence-electron chi connectivity index (χ1n) is 14.4. The molecule has 1 aromatic heterocycles. The lowest BCUT2D eigenvalue weighted by atomic mass is 9.97. The topological polar surface area (TPSA) is 120 Å². The average molecular weight is 614 g/mol. The second-order valence-electron chi connectivity index (χ2n) is 10.4. The number of hydrogen-bond donors (Lipinski definition) is 2. The number of benzene rings is 3. The Kier molecular flexibility index (Phi) is 10.7.